The summed E-state index contributed by atoms with van der Waals surface area (Å²) < 4.78 is 40.8. The lowest BCUT2D eigenvalue weighted by Gasteiger charge is -2.26. The van der Waals surface area contributed by atoms with E-state index in [1.54, 1.807) is 13.0 Å². The number of amidine groups is 1. The molecule has 4 nitrogen and oxygen atoms in total. The zero-order valence-corrected chi connectivity index (χ0v) is 15.7. The number of hydrogen-bond donors (Lipinski definition) is 1. The van der Waals surface area contributed by atoms with Gasteiger partial charge in [-0.05, 0) is 35.9 Å². The third kappa shape index (κ3) is 3.42. The Morgan fingerprint density at radius 2 is 2.08 bits per heavy atom. The number of aliphatic imine (C=N–C) groups is 1. The second-order valence-corrected chi connectivity index (χ2v) is 7.15. The summed E-state index contributed by atoms with van der Waals surface area (Å²) in [5.41, 5.74) is -0.312. The fraction of sp³-hybridized carbons (Fsp3) is 0.333. The highest BCUT2D eigenvalue weighted by Gasteiger charge is 2.32. The van der Waals surface area contributed by atoms with Crippen LogP contribution in [0.1, 0.15) is 37.4 Å². The molecule has 0 fully saturated rings. The average molecular weight is 428 g/mol. The van der Waals surface area contributed by atoms with Crippen molar-refractivity contribution in [2.75, 3.05) is 6.54 Å². The van der Waals surface area contributed by atoms with Gasteiger partial charge in [0.2, 0.25) is 0 Å². The van der Waals surface area contributed by atoms with E-state index < -0.39 is 29.8 Å². The molecule has 0 saturated carbocycles. The van der Waals surface area contributed by atoms with Crippen LogP contribution in [0.15, 0.2) is 45.5 Å². The molecule has 138 valence electrons. The molecule has 0 bridgehead atoms. The first-order valence-electron chi connectivity index (χ1n) is 8.09. The number of rotatable bonds is 4. The molecule has 1 aromatic rings. The summed E-state index contributed by atoms with van der Waals surface area (Å²) in [6.07, 6.45) is 0.576. The highest BCUT2D eigenvalue weighted by molar-refractivity contribution is 9.11. The molecule has 0 spiro atoms. The molecule has 0 aliphatic carbocycles. The molecule has 2 aliphatic heterocycles. The molecule has 2 atom stereocenters. The fourth-order valence-corrected chi connectivity index (χ4v) is 3.42. The van der Waals surface area contributed by atoms with Gasteiger partial charge >= 0.3 is 0 Å². The minimum atomic E-state index is -2.91. The van der Waals surface area contributed by atoms with E-state index in [4.69, 9.17) is 0 Å². The number of amides is 1. The number of fused-ring (bicyclic) bond motifs is 1. The number of benzene rings is 1. The fourth-order valence-electron chi connectivity index (χ4n) is 2.97. The molecular formula is C18H17BrF3N3O. The third-order valence-corrected chi connectivity index (χ3v) is 4.80. The number of hydrogen-bond acceptors (Lipinski definition) is 3. The SMILES string of the molecule is C[C@@H](NC(=O)C1=CC(Br)=CN2C1=NC[C@@H]2C)c1cccc(C(F)F)c1F. The van der Waals surface area contributed by atoms with E-state index in [0.29, 0.717) is 22.4 Å². The van der Waals surface area contributed by atoms with Crippen LogP contribution in [0.25, 0.3) is 0 Å². The highest BCUT2D eigenvalue weighted by Crippen LogP contribution is 2.29. The van der Waals surface area contributed by atoms with Gasteiger partial charge in [-0.3, -0.25) is 9.79 Å². The maximum atomic E-state index is 14.3. The predicted molar refractivity (Wildman–Crippen MR) is 96.6 cm³/mol. The Hall–Kier alpha value is -2.09. The molecule has 0 unspecified atom stereocenters. The van der Waals surface area contributed by atoms with Crippen molar-refractivity contribution in [3.05, 3.63) is 57.5 Å². The normalized spacial score (nSPS) is 20.3. The molecule has 0 aromatic heterocycles. The Bertz CT molecular complexity index is 835. The Labute approximate surface area is 157 Å². The van der Waals surface area contributed by atoms with Crippen LogP contribution in [0.5, 0.6) is 0 Å². The van der Waals surface area contributed by atoms with E-state index in [1.165, 1.54) is 12.1 Å². The van der Waals surface area contributed by atoms with Crippen LogP contribution in [0.2, 0.25) is 0 Å². The van der Waals surface area contributed by atoms with Gasteiger partial charge in [0.05, 0.1) is 29.8 Å². The monoisotopic (exact) mass is 427 g/mol. The number of nitrogens with zero attached hydrogens (tertiary/aromatic N) is 2. The van der Waals surface area contributed by atoms with Crippen molar-refractivity contribution in [1.82, 2.24) is 10.2 Å². The van der Waals surface area contributed by atoms with Crippen molar-refractivity contribution in [3.8, 4) is 0 Å². The zero-order chi connectivity index (χ0) is 19.0. The van der Waals surface area contributed by atoms with E-state index in [-0.39, 0.29) is 11.6 Å². The van der Waals surface area contributed by atoms with Crippen LogP contribution in [-0.4, -0.2) is 29.2 Å². The molecule has 3 rings (SSSR count). The number of allylic oxidation sites excluding steroid dienone is 2. The van der Waals surface area contributed by atoms with Crippen LogP contribution in [0, 0.1) is 5.82 Å². The minimum absolute atomic E-state index is 0.0146. The number of nitrogens with one attached hydrogen (secondary N) is 1. The van der Waals surface area contributed by atoms with Gasteiger partial charge in [-0.1, -0.05) is 18.2 Å². The first kappa shape index (κ1) is 18.7. The summed E-state index contributed by atoms with van der Waals surface area (Å²) in [5.74, 6) is -0.892. The number of carbonyl (C=O) groups excluding carboxylic acids is 1. The zero-order valence-electron chi connectivity index (χ0n) is 14.1. The van der Waals surface area contributed by atoms with Gasteiger partial charge in [0, 0.05) is 16.2 Å². The summed E-state index contributed by atoms with van der Waals surface area (Å²) in [6.45, 7) is 4.11. The molecule has 1 aromatic carbocycles. The molecule has 0 radical (unpaired) electrons. The van der Waals surface area contributed by atoms with Crippen LogP contribution in [-0.2, 0) is 4.79 Å². The molecule has 0 saturated heterocycles. The van der Waals surface area contributed by atoms with Crippen molar-refractivity contribution < 1.29 is 18.0 Å². The number of halogens is 4. The lowest BCUT2D eigenvalue weighted by atomic mass is 10.0. The van der Waals surface area contributed by atoms with Crippen LogP contribution < -0.4 is 5.32 Å². The summed E-state index contributed by atoms with van der Waals surface area (Å²) in [6, 6.07) is 3.13. The first-order chi connectivity index (χ1) is 12.3. The third-order valence-electron chi connectivity index (χ3n) is 4.36. The average Bonchev–Trinajstić information content (AvgIpc) is 2.95. The number of alkyl halides is 2. The van der Waals surface area contributed by atoms with Gasteiger partial charge in [-0.25, -0.2) is 13.2 Å². The van der Waals surface area contributed by atoms with E-state index in [0.717, 1.165) is 6.07 Å². The molecule has 26 heavy (non-hydrogen) atoms. The predicted octanol–water partition coefficient (Wildman–Crippen LogP) is 4.22. The van der Waals surface area contributed by atoms with Gasteiger partial charge < -0.3 is 10.2 Å². The maximum Gasteiger partial charge on any atom is 0.266 e. The van der Waals surface area contributed by atoms with Crippen molar-refractivity contribution in [2.45, 2.75) is 32.4 Å². The second kappa shape index (κ2) is 7.26. The first-order valence-corrected chi connectivity index (χ1v) is 8.88. The van der Waals surface area contributed by atoms with Gasteiger partial charge in [0.15, 0.2) is 0 Å². The summed E-state index contributed by atoms with van der Waals surface area (Å²) in [5, 5.41) is 2.67. The highest BCUT2D eigenvalue weighted by atomic mass is 79.9. The van der Waals surface area contributed by atoms with Crippen molar-refractivity contribution >= 4 is 27.7 Å². The second-order valence-electron chi connectivity index (χ2n) is 6.24. The van der Waals surface area contributed by atoms with E-state index in [2.05, 4.69) is 26.2 Å². The summed E-state index contributed by atoms with van der Waals surface area (Å²) in [7, 11) is 0. The molecule has 1 N–H and O–H groups in total. The Balaban J connectivity index is 1.82. The Morgan fingerprint density at radius 3 is 2.77 bits per heavy atom. The quantitative estimate of drug-likeness (QED) is 0.781. The van der Waals surface area contributed by atoms with Crippen LogP contribution >= 0.6 is 15.9 Å². The summed E-state index contributed by atoms with van der Waals surface area (Å²) in [4.78, 5) is 19.0. The largest absolute Gasteiger partial charge is 0.345 e. The topological polar surface area (TPSA) is 44.7 Å². The van der Waals surface area contributed by atoms with E-state index in [9.17, 15) is 18.0 Å². The van der Waals surface area contributed by atoms with Crippen molar-refractivity contribution in [2.24, 2.45) is 4.99 Å². The number of carbonyl (C=O) groups is 1. The van der Waals surface area contributed by atoms with Crippen molar-refractivity contribution in [3.63, 3.8) is 0 Å². The summed E-state index contributed by atoms with van der Waals surface area (Å²) >= 11 is 3.37. The molecular weight excluding hydrogens is 411 g/mol. The smallest absolute Gasteiger partial charge is 0.266 e. The van der Waals surface area contributed by atoms with Crippen LogP contribution in [0.3, 0.4) is 0 Å². The molecule has 1 amide bonds. The van der Waals surface area contributed by atoms with Gasteiger partial charge in [0.25, 0.3) is 12.3 Å². The standard InChI is InChI=1S/C18H17BrF3N3O/c1-9-7-23-17-14(6-11(19)8-25(9)17)18(26)24-10(2)12-4-3-5-13(15(12)20)16(21)22/h3-6,8-10,16H,7H2,1-2H3,(H,24,26)/t9-,10+/m0/s1. The van der Waals surface area contributed by atoms with Crippen LogP contribution in [0.4, 0.5) is 13.2 Å². The molecule has 2 heterocycles. The maximum absolute atomic E-state index is 14.3. The Morgan fingerprint density at radius 1 is 1.38 bits per heavy atom. The van der Waals surface area contributed by atoms with Crippen molar-refractivity contribution in [1.29, 1.82) is 0 Å². The molecule has 8 heteroatoms. The van der Waals surface area contributed by atoms with Gasteiger partial charge in [-0.15, -0.1) is 0 Å². The van der Waals surface area contributed by atoms with E-state index in [1.807, 2.05) is 18.0 Å². The van der Waals surface area contributed by atoms with Gasteiger partial charge in [-0.2, -0.15) is 0 Å². The molecule has 2 aliphatic rings. The Kier molecular flexibility index (Phi) is 5.22. The lowest BCUT2D eigenvalue weighted by molar-refractivity contribution is -0.117. The van der Waals surface area contributed by atoms with E-state index >= 15 is 0 Å². The van der Waals surface area contributed by atoms with Gasteiger partial charge in [0.1, 0.15) is 11.7 Å². The minimum Gasteiger partial charge on any atom is -0.345 e. The lowest BCUT2D eigenvalue weighted by Crippen LogP contribution is -2.39.